The second kappa shape index (κ2) is 7.44. The Balaban J connectivity index is 1.57. The maximum absolute atomic E-state index is 12.4. The van der Waals surface area contributed by atoms with Crippen LogP contribution in [0.4, 0.5) is 15.6 Å². The minimum Gasteiger partial charge on any atom is -0.324 e. The summed E-state index contributed by atoms with van der Waals surface area (Å²) in [4.78, 5) is 31.7. The summed E-state index contributed by atoms with van der Waals surface area (Å²) in [5.74, 6) is -0.272. The van der Waals surface area contributed by atoms with Crippen molar-refractivity contribution < 1.29 is 9.59 Å². The van der Waals surface area contributed by atoms with Crippen LogP contribution < -0.4 is 10.6 Å². The number of hydrogen-bond donors (Lipinski definition) is 2. The van der Waals surface area contributed by atoms with Crippen LogP contribution >= 0.6 is 11.3 Å². The Bertz CT molecular complexity index is 716. The molecule has 0 spiro atoms. The van der Waals surface area contributed by atoms with Crippen molar-refractivity contribution >= 4 is 34.1 Å². The highest BCUT2D eigenvalue weighted by molar-refractivity contribution is 7.15. The lowest BCUT2D eigenvalue weighted by Crippen LogP contribution is -2.45. The van der Waals surface area contributed by atoms with Crippen molar-refractivity contribution in [1.29, 1.82) is 0 Å². The van der Waals surface area contributed by atoms with Crippen molar-refractivity contribution in [2.24, 2.45) is 5.92 Å². The van der Waals surface area contributed by atoms with Gasteiger partial charge in [-0.25, -0.2) is 9.78 Å². The Morgan fingerprint density at radius 3 is 2.75 bits per heavy atom. The van der Waals surface area contributed by atoms with Gasteiger partial charge in [0.2, 0.25) is 5.91 Å². The highest BCUT2D eigenvalue weighted by atomic mass is 32.1. The Morgan fingerprint density at radius 1 is 1.25 bits per heavy atom. The summed E-state index contributed by atoms with van der Waals surface area (Å²) in [6, 6.07) is 9.17. The van der Waals surface area contributed by atoms with Gasteiger partial charge in [0.1, 0.15) is 0 Å². The number of nitrogens with zero attached hydrogens (tertiary/aromatic N) is 2. The maximum Gasteiger partial charge on any atom is 0.321 e. The summed E-state index contributed by atoms with van der Waals surface area (Å²) in [5, 5.41) is 6.34. The highest BCUT2D eigenvalue weighted by Gasteiger charge is 2.28. The summed E-state index contributed by atoms with van der Waals surface area (Å²) in [5.41, 5.74) is 0.757. The van der Waals surface area contributed by atoms with E-state index in [0.29, 0.717) is 18.2 Å². The van der Waals surface area contributed by atoms with Crippen LogP contribution in [0.25, 0.3) is 0 Å². The lowest BCUT2D eigenvalue weighted by atomic mass is 9.97. The molecule has 2 N–H and O–H groups in total. The number of nitrogens with one attached hydrogen (secondary N) is 2. The Morgan fingerprint density at radius 2 is 2.04 bits per heavy atom. The molecule has 1 aliphatic rings. The van der Waals surface area contributed by atoms with E-state index < -0.39 is 0 Å². The largest absolute Gasteiger partial charge is 0.324 e. The van der Waals surface area contributed by atoms with Gasteiger partial charge in [-0.3, -0.25) is 4.79 Å². The standard InChI is InChI=1S/C17H20N4O2S/c1-12-10-18-16(24-12)20-15(22)13-6-5-9-21(11-13)17(23)19-14-7-3-2-4-8-14/h2-4,7-8,10,13H,5-6,9,11H2,1H3,(H,19,23)(H,18,20,22). The van der Waals surface area contributed by atoms with E-state index in [1.165, 1.54) is 11.3 Å². The number of carbonyl (C=O) groups is 2. The van der Waals surface area contributed by atoms with Gasteiger partial charge in [-0.05, 0) is 31.9 Å². The molecule has 0 radical (unpaired) electrons. The van der Waals surface area contributed by atoms with Crippen LogP contribution in [0.15, 0.2) is 36.5 Å². The lowest BCUT2D eigenvalue weighted by molar-refractivity contribution is -0.121. The zero-order valence-corrected chi connectivity index (χ0v) is 14.3. The third-order valence-electron chi connectivity index (χ3n) is 3.96. The second-order valence-corrected chi connectivity index (χ2v) is 7.08. The predicted octanol–water partition coefficient (Wildman–Crippen LogP) is 3.33. The molecule has 1 saturated heterocycles. The number of likely N-dealkylation sites (tertiary alicyclic amines) is 1. The van der Waals surface area contributed by atoms with E-state index in [0.717, 1.165) is 23.4 Å². The molecule has 0 bridgehead atoms. The highest BCUT2D eigenvalue weighted by Crippen LogP contribution is 2.22. The molecule has 3 rings (SSSR count). The number of urea groups is 1. The Hall–Kier alpha value is -2.41. The first-order chi connectivity index (χ1) is 11.6. The van der Waals surface area contributed by atoms with Gasteiger partial charge in [0.15, 0.2) is 5.13 Å². The molecule has 0 aliphatic carbocycles. The molecule has 2 heterocycles. The fourth-order valence-electron chi connectivity index (χ4n) is 2.72. The minimum atomic E-state index is -0.204. The first-order valence-electron chi connectivity index (χ1n) is 7.96. The van der Waals surface area contributed by atoms with Crippen LogP contribution in [0, 0.1) is 12.8 Å². The zero-order valence-electron chi connectivity index (χ0n) is 13.5. The Kier molecular flexibility index (Phi) is 5.10. The van der Waals surface area contributed by atoms with Crippen LogP contribution in [0.2, 0.25) is 0 Å². The zero-order chi connectivity index (χ0) is 16.9. The van der Waals surface area contributed by atoms with Gasteiger partial charge in [0.05, 0.1) is 5.92 Å². The van der Waals surface area contributed by atoms with E-state index in [9.17, 15) is 9.59 Å². The molecule has 3 amide bonds. The van der Waals surface area contributed by atoms with Gasteiger partial charge >= 0.3 is 6.03 Å². The average Bonchev–Trinajstić information content (AvgIpc) is 3.00. The molecule has 7 heteroatoms. The number of benzene rings is 1. The Labute approximate surface area is 144 Å². The number of aryl methyl sites for hydroxylation is 1. The number of hydrogen-bond acceptors (Lipinski definition) is 4. The van der Waals surface area contributed by atoms with Crippen LogP contribution in [0.3, 0.4) is 0 Å². The molecule has 24 heavy (non-hydrogen) atoms. The molecule has 1 aliphatic heterocycles. The number of aromatic nitrogens is 1. The number of amides is 3. The summed E-state index contributed by atoms with van der Waals surface area (Å²) >= 11 is 1.45. The lowest BCUT2D eigenvalue weighted by Gasteiger charge is -2.31. The van der Waals surface area contributed by atoms with Crippen LogP contribution in [-0.2, 0) is 4.79 Å². The third kappa shape index (κ3) is 4.11. The summed E-state index contributed by atoms with van der Waals surface area (Å²) in [6.07, 6.45) is 3.34. The van der Waals surface area contributed by atoms with Crippen LogP contribution in [0.1, 0.15) is 17.7 Å². The van der Waals surface area contributed by atoms with Crippen molar-refractivity contribution in [3.8, 4) is 0 Å². The molecule has 1 unspecified atom stereocenters. The first-order valence-corrected chi connectivity index (χ1v) is 8.78. The monoisotopic (exact) mass is 344 g/mol. The van der Waals surface area contributed by atoms with E-state index in [4.69, 9.17) is 0 Å². The molecular formula is C17H20N4O2S. The van der Waals surface area contributed by atoms with E-state index >= 15 is 0 Å². The number of rotatable bonds is 3. The number of carbonyl (C=O) groups excluding carboxylic acids is 2. The topological polar surface area (TPSA) is 74.3 Å². The molecular weight excluding hydrogens is 324 g/mol. The summed E-state index contributed by atoms with van der Waals surface area (Å²) < 4.78 is 0. The quantitative estimate of drug-likeness (QED) is 0.897. The molecule has 0 saturated carbocycles. The molecule has 1 atom stereocenters. The van der Waals surface area contributed by atoms with Gasteiger partial charge in [-0.15, -0.1) is 11.3 Å². The first kappa shape index (κ1) is 16.4. The molecule has 2 aromatic rings. The van der Waals surface area contributed by atoms with Gasteiger partial charge in [-0.2, -0.15) is 0 Å². The van der Waals surface area contributed by atoms with Crippen LogP contribution in [0.5, 0.6) is 0 Å². The van der Waals surface area contributed by atoms with E-state index in [-0.39, 0.29) is 17.9 Å². The van der Waals surface area contributed by atoms with E-state index in [2.05, 4.69) is 15.6 Å². The van der Waals surface area contributed by atoms with Crippen molar-refractivity contribution in [1.82, 2.24) is 9.88 Å². The SMILES string of the molecule is Cc1cnc(NC(=O)C2CCCN(C(=O)Nc3ccccc3)C2)s1. The van der Waals surface area contributed by atoms with Gasteiger partial charge in [0, 0.05) is 29.9 Å². The van der Waals surface area contributed by atoms with Crippen molar-refractivity contribution in [3.05, 3.63) is 41.4 Å². The van der Waals surface area contributed by atoms with Gasteiger partial charge in [-0.1, -0.05) is 18.2 Å². The maximum atomic E-state index is 12.4. The van der Waals surface area contributed by atoms with E-state index in [1.807, 2.05) is 37.3 Å². The molecule has 1 fully saturated rings. The van der Waals surface area contributed by atoms with Crippen molar-refractivity contribution in [3.63, 3.8) is 0 Å². The van der Waals surface area contributed by atoms with Crippen LogP contribution in [-0.4, -0.2) is 34.9 Å². The molecule has 6 nitrogen and oxygen atoms in total. The number of anilines is 2. The summed E-state index contributed by atoms with van der Waals surface area (Å²) in [6.45, 7) is 3.04. The number of thiazole rings is 1. The fraction of sp³-hybridized carbons (Fsp3) is 0.353. The van der Waals surface area contributed by atoms with Crippen molar-refractivity contribution in [2.75, 3.05) is 23.7 Å². The third-order valence-corrected chi connectivity index (χ3v) is 4.78. The normalized spacial score (nSPS) is 17.4. The fourth-order valence-corrected chi connectivity index (χ4v) is 3.39. The van der Waals surface area contributed by atoms with E-state index in [1.54, 1.807) is 11.1 Å². The molecule has 1 aromatic carbocycles. The number of para-hydroxylation sites is 1. The number of piperidine rings is 1. The minimum absolute atomic E-state index is 0.0680. The molecule has 126 valence electrons. The predicted molar refractivity (Wildman–Crippen MR) is 95.2 cm³/mol. The smallest absolute Gasteiger partial charge is 0.321 e. The van der Waals surface area contributed by atoms with Crippen molar-refractivity contribution in [2.45, 2.75) is 19.8 Å². The average molecular weight is 344 g/mol. The van der Waals surface area contributed by atoms with Gasteiger partial charge < -0.3 is 15.5 Å². The second-order valence-electron chi connectivity index (χ2n) is 5.85. The summed E-state index contributed by atoms with van der Waals surface area (Å²) in [7, 11) is 0. The van der Waals surface area contributed by atoms with Gasteiger partial charge in [0.25, 0.3) is 0 Å². The molecule has 1 aromatic heterocycles.